The largest absolute Gasteiger partial charge is 0.493 e. The molecule has 0 fully saturated rings. The van der Waals surface area contributed by atoms with Gasteiger partial charge >= 0.3 is 0 Å². The van der Waals surface area contributed by atoms with Gasteiger partial charge in [0.2, 0.25) is 0 Å². The van der Waals surface area contributed by atoms with E-state index in [9.17, 15) is 9.18 Å². The van der Waals surface area contributed by atoms with Crippen LogP contribution in [-0.4, -0.2) is 26.7 Å². The zero-order valence-corrected chi connectivity index (χ0v) is 14.5. The lowest BCUT2D eigenvalue weighted by atomic mass is 10.0. The van der Waals surface area contributed by atoms with Crippen LogP contribution in [0.4, 0.5) is 4.39 Å². The van der Waals surface area contributed by atoms with Crippen LogP contribution >= 0.6 is 0 Å². The summed E-state index contributed by atoms with van der Waals surface area (Å²) in [5.41, 5.74) is 0.888. The Kier molecular flexibility index (Phi) is 6.62. The maximum absolute atomic E-state index is 13.5. The van der Waals surface area contributed by atoms with Crippen molar-refractivity contribution < 1.29 is 23.4 Å². The molecule has 5 nitrogen and oxygen atoms in total. The van der Waals surface area contributed by atoms with E-state index in [1.54, 1.807) is 32.4 Å². The van der Waals surface area contributed by atoms with Gasteiger partial charge in [0, 0.05) is 0 Å². The van der Waals surface area contributed by atoms with Gasteiger partial charge in [0.1, 0.15) is 0 Å². The first-order valence-corrected chi connectivity index (χ1v) is 7.97. The molecule has 134 valence electrons. The van der Waals surface area contributed by atoms with Gasteiger partial charge < -0.3 is 19.5 Å². The molecule has 1 amide bonds. The number of carbonyl (C=O) groups excluding carboxylic acids is 1. The standard InChI is InChI=1S/C19H22FNO4/c1-4-15(13-9-10-17(23-2)18(11-13)24-3)21-19(22)12-25-16-8-6-5-7-14(16)20/h5-11,15H,4,12H2,1-3H3,(H,21,22)/t15-/m0/s1. The van der Waals surface area contributed by atoms with Crippen LogP contribution in [0.2, 0.25) is 0 Å². The Bertz CT molecular complexity index is 720. The van der Waals surface area contributed by atoms with Crippen LogP contribution in [0.25, 0.3) is 0 Å². The Morgan fingerprint density at radius 2 is 1.80 bits per heavy atom. The number of halogens is 1. The number of ether oxygens (including phenoxy) is 3. The lowest BCUT2D eigenvalue weighted by Gasteiger charge is -2.19. The fraction of sp³-hybridized carbons (Fsp3) is 0.316. The van der Waals surface area contributed by atoms with Crippen LogP contribution < -0.4 is 19.5 Å². The van der Waals surface area contributed by atoms with Gasteiger partial charge in [0.15, 0.2) is 29.7 Å². The smallest absolute Gasteiger partial charge is 0.258 e. The summed E-state index contributed by atoms with van der Waals surface area (Å²) in [4.78, 5) is 12.1. The first kappa shape index (κ1) is 18.6. The molecule has 6 heteroatoms. The van der Waals surface area contributed by atoms with Crippen molar-refractivity contribution in [3.63, 3.8) is 0 Å². The zero-order chi connectivity index (χ0) is 18.2. The third kappa shape index (κ3) is 4.86. The first-order chi connectivity index (χ1) is 12.1. The minimum absolute atomic E-state index is 0.0526. The summed E-state index contributed by atoms with van der Waals surface area (Å²) in [5, 5.41) is 2.88. The number of methoxy groups -OCH3 is 2. The molecule has 0 aliphatic rings. The van der Waals surface area contributed by atoms with E-state index >= 15 is 0 Å². The van der Waals surface area contributed by atoms with E-state index in [-0.39, 0.29) is 24.3 Å². The molecule has 1 N–H and O–H groups in total. The molecule has 0 saturated heterocycles. The molecule has 0 saturated carbocycles. The monoisotopic (exact) mass is 347 g/mol. The zero-order valence-electron chi connectivity index (χ0n) is 14.5. The second kappa shape index (κ2) is 8.92. The molecule has 0 radical (unpaired) electrons. The summed E-state index contributed by atoms with van der Waals surface area (Å²) in [6.07, 6.45) is 0.681. The van der Waals surface area contributed by atoms with Gasteiger partial charge in [-0.2, -0.15) is 0 Å². The van der Waals surface area contributed by atoms with E-state index in [2.05, 4.69) is 5.32 Å². The van der Waals surface area contributed by atoms with Crippen LogP contribution in [0.1, 0.15) is 24.9 Å². The highest BCUT2D eigenvalue weighted by molar-refractivity contribution is 5.78. The third-order valence-electron chi connectivity index (χ3n) is 3.75. The van der Waals surface area contributed by atoms with Crippen molar-refractivity contribution in [2.24, 2.45) is 0 Å². The summed E-state index contributed by atoms with van der Waals surface area (Å²) in [7, 11) is 3.13. The maximum atomic E-state index is 13.5. The fourth-order valence-corrected chi connectivity index (χ4v) is 2.43. The number of rotatable bonds is 8. The average Bonchev–Trinajstić information content (AvgIpc) is 2.64. The molecule has 0 bridgehead atoms. The molecule has 2 aromatic rings. The van der Waals surface area contributed by atoms with Gasteiger partial charge in [-0.15, -0.1) is 0 Å². The SMILES string of the molecule is CC[C@H](NC(=O)COc1ccccc1F)c1ccc(OC)c(OC)c1. The van der Waals surface area contributed by atoms with Crippen LogP contribution in [0.3, 0.4) is 0 Å². The van der Waals surface area contributed by atoms with E-state index in [1.807, 2.05) is 19.1 Å². The lowest BCUT2D eigenvalue weighted by molar-refractivity contribution is -0.123. The second-order valence-corrected chi connectivity index (χ2v) is 5.36. The van der Waals surface area contributed by atoms with Crippen molar-refractivity contribution in [2.45, 2.75) is 19.4 Å². The topological polar surface area (TPSA) is 56.8 Å². The highest BCUT2D eigenvalue weighted by atomic mass is 19.1. The van der Waals surface area contributed by atoms with Gasteiger partial charge in [-0.05, 0) is 36.2 Å². The molecule has 0 aliphatic carbocycles. The minimum atomic E-state index is -0.498. The molecule has 0 spiro atoms. The number of carbonyl (C=O) groups is 1. The van der Waals surface area contributed by atoms with Crippen molar-refractivity contribution in [3.05, 3.63) is 53.8 Å². The van der Waals surface area contributed by atoms with Crippen LogP contribution in [0.15, 0.2) is 42.5 Å². The van der Waals surface area contributed by atoms with Crippen LogP contribution in [-0.2, 0) is 4.79 Å². The molecule has 25 heavy (non-hydrogen) atoms. The Morgan fingerprint density at radius 3 is 2.44 bits per heavy atom. The Balaban J connectivity index is 2.01. The van der Waals surface area contributed by atoms with Gasteiger partial charge in [-0.3, -0.25) is 4.79 Å². The lowest BCUT2D eigenvalue weighted by Crippen LogP contribution is -2.32. The quantitative estimate of drug-likeness (QED) is 0.794. The summed E-state index contributed by atoms with van der Waals surface area (Å²) in [6, 6.07) is 11.2. The van der Waals surface area contributed by atoms with Crippen molar-refractivity contribution in [3.8, 4) is 17.2 Å². The van der Waals surface area contributed by atoms with Crippen LogP contribution in [0.5, 0.6) is 17.2 Å². The Labute approximate surface area is 146 Å². The van der Waals surface area contributed by atoms with Crippen molar-refractivity contribution in [2.75, 3.05) is 20.8 Å². The van der Waals surface area contributed by atoms with Gasteiger partial charge in [0.05, 0.1) is 20.3 Å². The fourth-order valence-electron chi connectivity index (χ4n) is 2.43. The molecule has 1 atom stereocenters. The highest BCUT2D eigenvalue weighted by Crippen LogP contribution is 2.30. The summed E-state index contributed by atoms with van der Waals surface area (Å²) in [6.45, 7) is 1.70. The first-order valence-electron chi connectivity index (χ1n) is 7.97. The van der Waals surface area contributed by atoms with E-state index in [0.29, 0.717) is 17.9 Å². The van der Waals surface area contributed by atoms with Crippen LogP contribution in [0, 0.1) is 5.82 Å². The summed E-state index contributed by atoms with van der Waals surface area (Å²) < 4.78 is 29.2. The molecule has 2 rings (SSSR count). The van der Waals surface area contributed by atoms with Gasteiger partial charge in [-0.25, -0.2) is 4.39 Å². The molecule has 0 aromatic heterocycles. The molecule has 0 heterocycles. The molecule has 2 aromatic carbocycles. The number of para-hydroxylation sites is 1. The average molecular weight is 347 g/mol. The molecular weight excluding hydrogens is 325 g/mol. The summed E-state index contributed by atoms with van der Waals surface area (Å²) >= 11 is 0. The van der Waals surface area contributed by atoms with Gasteiger partial charge in [-0.1, -0.05) is 25.1 Å². The van der Waals surface area contributed by atoms with Crippen molar-refractivity contribution in [1.29, 1.82) is 0 Å². The maximum Gasteiger partial charge on any atom is 0.258 e. The number of amides is 1. The predicted octanol–water partition coefficient (Wildman–Crippen LogP) is 3.49. The van der Waals surface area contributed by atoms with E-state index in [1.165, 1.54) is 12.1 Å². The highest BCUT2D eigenvalue weighted by Gasteiger charge is 2.16. The number of hydrogen-bond acceptors (Lipinski definition) is 4. The van der Waals surface area contributed by atoms with Crippen molar-refractivity contribution >= 4 is 5.91 Å². The molecular formula is C19H22FNO4. The molecule has 0 unspecified atom stereocenters. The second-order valence-electron chi connectivity index (χ2n) is 5.36. The number of benzene rings is 2. The third-order valence-corrected chi connectivity index (χ3v) is 3.75. The Hall–Kier alpha value is -2.76. The number of nitrogens with one attached hydrogen (secondary N) is 1. The van der Waals surface area contributed by atoms with E-state index < -0.39 is 5.82 Å². The predicted molar refractivity (Wildman–Crippen MR) is 92.6 cm³/mol. The Morgan fingerprint density at radius 1 is 1.08 bits per heavy atom. The molecule has 0 aliphatic heterocycles. The van der Waals surface area contributed by atoms with E-state index in [0.717, 1.165) is 5.56 Å². The van der Waals surface area contributed by atoms with Gasteiger partial charge in [0.25, 0.3) is 5.91 Å². The number of hydrogen-bond donors (Lipinski definition) is 1. The minimum Gasteiger partial charge on any atom is -0.493 e. The normalized spacial score (nSPS) is 11.5. The summed E-state index contributed by atoms with van der Waals surface area (Å²) in [5.74, 6) is 0.439. The van der Waals surface area contributed by atoms with E-state index in [4.69, 9.17) is 14.2 Å². The van der Waals surface area contributed by atoms with Crippen molar-refractivity contribution in [1.82, 2.24) is 5.32 Å².